The average Bonchev–Trinajstić information content (AvgIpc) is 2.77. The molecule has 1 aliphatic heterocycles. The molecule has 0 aromatic heterocycles. The van der Waals surface area contributed by atoms with E-state index in [2.05, 4.69) is 17.2 Å². The van der Waals surface area contributed by atoms with Gasteiger partial charge in [0.1, 0.15) is 0 Å². The second-order valence-corrected chi connectivity index (χ2v) is 5.18. The van der Waals surface area contributed by atoms with E-state index in [1.165, 1.54) is 0 Å². The number of aliphatic imine (C=N–C) groups is 1. The maximum Gasteiger partial charge on any atom is 0.327 e. The SMILES string of the molecule is CNC(=O)N(C1=NCC(C)S1)c1ccccc1. The van der Waals surface area contributed by atoms with Gasteiger partial charge >= 0.3 is 6.03 Å². The van der Waals surface area contributed by atoms with Gasteiger partial charge in [0.2, 0.25) is 0 Å². The molecule has 1 N–H and O–H groups in total. The van der Waals surface area contributed by atoms with Crippen LogP contribution >= 0.6 is 11.8 Å². The highest BCUT2D eigenvalue weighted by molar-refractivity contribution is 8.15. The highest BCUT2D eigenvalue weighted by atomic mass is 32.2. The summed E-state index contributed by atoms with van der Waals surface area (Å²) in [4.78, 5) is 18.0. The Balaban J connectivity index is 2.30. The van der Waals surface area contributed by atoms with Crippen molar-refractivity contribution in [1.82, 2.24) is 5.32 Å². The number of benzene rings is 1. The van der Waals surface area contributed by atoms with Crippen molar-refractivity contribution in [3.63, 3.8) is 0 Å². The second-order valence-electron chi connectivity index (χ2n) is 3.78. The Hall–Kier alpha value is -1.49. The van der Waals surface area contributed by atoms with Crippen molar-refractivity contribution >= 4 is 28.6 Å². The molecule has 17 heavy (non-hydrogen) atoms. The lowest BCUT2D eigenvalue weighted by molar-refractivity contribution is 0.251. The lowest BCUT2D eigenvalue weighted by Crippen LogP contribution is -2.41. The van der Waals surface area contributed by atoms with Crippen LogP contribution in [-0.2, 0) is 0 Å². The Bertz CT molecular complexity index is 433. The van der Waals surface area contributed by atoms with Gasteiger partial charge < -0.3 is 5.32 Å². The molecule has 1 aromatic rings. The number of hydrogen-bond donors (Lipinski definition) is 1. The van der Waals surface area contributed by atoms with Crippen molar-refractivity contribution in [2.75, 3.05) is 18.5 Å². The van der Waals surface area contributed by atoms with Crippen molar-refractivity contribution in [3.05, 3.63) is 30.3 Å². The largest absolute Gasteiger partial charge is 0.340 e. The molecule has 1 unspecified atom stereocenters. The Labute approximate surface area is 105 Å². The predicted octanol–water partition coefficient (Wildman–Crippen LogP) is 2.32. The topological polar surface area (TPSA) is 44.7 Å². The van der Waals surface area contributed by atoms with E-state index in [9.17, 15) is 4.79 Å². The third kappa shape index (κ3) is 2.61. The van der Waals surface area contributed by atoms with Crippen LogP contribution in [0.1, 0.15) is 6.92 Å². The zero-order valence-corrected chi connectivity index (χ0v) is 10.7. The summed E-state index contributed by atoms with van der Waals surface area (Å²) in [5, 5.41) is 3.85. The fourth-order valence-corrected chi connectivity index (χ4v) is 2.54. The van der Waals surface area contributed by atoms with Crippen molar-refractivity contribution in [3.8, 4) is 0 Å². The number of nitrogens with zero attached hydrogens (tertiary/aromatic N) is 2. The summed E-state index contributed by atoms with van der Waals surface area (Å²) in [7, 11) is 1.63. The first-order valence-electron chi connectivity index (χ1n) is 5.50. The molecular weight excluding hydrogens is 234 g/mol. The molecule has 1 aliphatic rings. The third-order valence-electron chi connectivity index (χ3n) is 2.41. The average molecular weight is 249 g/mol. The van der Waals surface area contributed by atoms with E-state index in [0.29, 0.717) is 5.25 Å². The van der Waals surface area contributed by atoms with Crippen LogP contribution in [0.5, 0.6) is 0 Å². The van der Waals surface area contributed by atoms with Crippen LogP contribution < -0.4 is 10.2 Å². The maximum atomic E-state index is 11.9. The van der Waals surface area contributed by atoms with Gasteiger partial charge in [-0.25, -0.2) is 9.69 Å². The van der Waals surface area contributed by atoms with Crippen LogP contribution in [0.25, 0.3) is 0 Å². The van der Waals surface area contributed by atoms with Crippen molar-refractivity contribution < 1.29 is 4.79 Å². The molecule has 0 saturated heterocycles. The summed E-state index contributed by atoms with van der Waals surface area (Å²) >= 11 is 1.63. The van der Waals surface area contributed by atoms with Gasteiger partial charge in [-0.05, 0) is 12.1 Å². The molecule has 2 rings (SSSR count). The number of amides is 2. The van der Waals surface area contributed by atoms with Gasteiger partial charge in [-0.2, -0.15) is 0 Å². The van der Waals surface area contributed by atoms with Crippen LogP contribution in [0.2, 0.25) is 0 Å². The molecule has 0 spiro atoms. The number of urea groups is 1. The summed E-state index contributed by atoms with van der Waals surface area (Å²) in [6, 6.07) is 9.40. The van der Waals surface area contributed by atoms with Gasteiger partial charge in [0.05, 0.1) is 12.2 Å². The van der Waals surface area contributed by atoms with Crippen LogP contribution in [0, 0.1) is 0 Å². The minimum Gasteiger partial charge on any atom is -0.340 e. The maximum absolute atomic E-state index is 11.9. The summed E-state index contributed by atoms with van der Waals surface area (Å²) in [6.07, 6.45) is 0. The second kappa shape index (κ2) is 5.23. The standard InChI is InChI=1S/C12H15N3OS/c1-9-8-14-12(17-9)15(11(16)13-2)10-6-4-3-5-7-10/h3-7,9H,8H2,1-2H3,(H,13,16). The number of thioether (sulfide) groups is 1. The van der Waals surface area contributed by atoms with Crippen LogP contribution in [-0.4, -0.2) is 30.0 Å². The fraction of sp³-hybridized carbons (Fsp3) is 0.333. The zero-order valence-electron chi connectivity index (χ0n) is 9.88. The first kappa shape index (κ1) is 12.0. The minimum atomic E-state index is -0.156. The molecule has 4 nitrogen and oxygen atoms in total. The highest BCUT2D eigenvalue weighted by Crippen LogP contribution is 2.26. The molecule has 1 atom stereocenters. The van der Waals surface area contributed by atoms with E-state index in [-0.39, 0.29) is 6.03 Å². The molecular formula is C12H15N3OS. The van der Waals surface area contributed by atoms with Gasteiger partial charge in [-0.15, -0.1) is 0 Å². The number of hydrogen-bond acceptors (Lipinski definition) is 3. The number of amidine groups is 1. The number of rotatable bonds is 1. The first-order valence-corrected chi connectivity index (χ1v) is 6.38. The zero-order chi connectivity index (χ0) is 12.3. The predicted molar refractivity (Wildman–Crippen MR) is 72.7 cm³/mol. The normalized spacial score (nSPS) is 18.7. The monoisotopic (exact) mass is 249 g/mol. The molecule has 1 aromatic carbocycles. The molecule has 0 radical (unpaired) electrons. The van der Waals surface area contributed by atoms with E-state index in [0.717, 1.165) is 17.4 Å². The van der Waals surface area contributed by atoms with Crippen molar-refractivity contribution in [1.29, 1.82) is 0 Å². The Morgan fingerprint density at radius 1 is 1.47 bits per heavy atom. The van der Waals surface area contributed by atoms with Gasteiger partial charge in [0.15, 0.2) is 5.17 Å². The molecule has 5 heteroatoms. The smallest absolute Gasteiger partial charge is 0.327 e. The summed E-state index contributed by atoms with van der Waals surface area (Å²) < 4.78 is 0. The van der Waals surface area contributed by atoms with E-state index >= 15 is 0 Å². The molecule has 90 valence electrons. The lowest BCUT2D eigenvalue weighted by Gasteiger charge is -2.21. The Morgan fingerprint density at radius 3 is 2.71 bits per heavy atom. The number of carbonyl (C=O) groups is 1. The molecule has 0 fully saturated rings. The summed E-state index contributed by atoms with van der Waals surface area (Å²) in [5.74, 6) is 0. The van der Waals surface area contributed by atoms with Gasteiger partial charge in [0.25, 0.3) is 0 Å². The highest BCUT2D eigenvalue weighted by Gasteiger charge is 2.26. The van der Waals surface area contributed by atoms with Crippen LogP contribution in [0.3, 0.4) is 0 Å². The Morgan fingerprint density at radius 2 is 2.18 bits per heavy atom. The number of para-hydroxylation sites is 1. The van der Waals surface area contributed by atoms with Gasteiger partial charge in [-0.1, -0.05) is 36.9 Å². The van der Waals surface area contributed by atoms with E-state index in [1.54, 1.807) is 23.7 Å². The molecule has 2 amide bonds. The van der Waals surface area contributed by atoms with Crippen LogP contribution in [0.15, 0.2) is 35.3 Å². The molecule has 0 bridgehead atoms. The van der Waals surface area contributed by atoms with E-state index < -0.39 is 0 Å². The number of anilines is 1. The molecule has 1 heterocycles. The fourth-order valence-electron chi connectivity index (χ4n) is 1.59. The lowest BCUT2D eigenvalue weighted by atomic mass is 10.3. The summed E-state index contributed by atoms with van der Waals surface area (Å²) in [6.45, 7) is 2.87. The van der Waals surface area contributed by atoms with Crippen molar-refractivity contribution in [2.24, 2.45) is 4.99 Å². The van der Waals surface area contributed by atoms with Crippen LogP contribution in [0.4, 0.5) is 10.5 Å². The number of carbonyl (C=O) groups excluding carboxylic acids is 1. The van der Waals surface area contributed by atoms with E-state index in [1.807, 2.05) is 30.3 Å². The summed E-state index contributed by atoms with van der Waals surface area (Å²) in [5.41, 5.74) is 0.840. The van der Waals surface area contributed by atoms with Gasteiger partial charge in [0, 0.05) is 12.3 Å². The van der Waals surface area contributed by atoms with Crippen molar-refractivity contribution in [2.45, 2.75) is 12.2 Å². The third-order valence-corrected chi connectivity index (χ3v) is 3.49. The minimum absolute atomic E-state index is 0.156. The van der Waals surface area contributed by atoms with E-state index in [4.69, 9.17) is 0 Å². The number of nitrogens with one attached hydrogen (secondary N) is 1. The van der Waals surface area contributed by atoms with Gasteiger partial charge in [-0.3, -0.25) is 4.99 Å². The first-order chi connectivity index (χ1) is 8.22. The molecule has 0 aliphatic carbocycles. The quantitative estimate of drug-likeness (QED) is 0.830. The Kier molecular flexibility index (Phi) is 3.68. The molecule has 0 saturated carbocycles.